The summed E-state index contributed by atoms with van der Waals surface area (Å²) >= 11 is 0. The highest BCUT2D eigenvalue weighted by molar-refractivity contribution is 5.27. The number of rotatable bonds is 2. The SMILES string of the molecule is CC(C)(C)/C=C/[C@@H]1[C@H]2CC[C@H](C2)[C@@H]1c1ccccc1. The second-order valence-electron chi connectivity index (χ2n) is 7.57. The maximum absolute atomic E-state index is 2.54. The molecule has 2 aliphatic carbocycles. The van der Waals surface area contributed by atoms with Gasteiger partial charge in [-0.3, -0.25) is 0 Å². The zero-order valence-electron chi connectivity index (χ0n) is 12.5. The number of fused-ring (bicyclic) bond motifs is 2. The molecule has 0 saturated heterocycles. The fourth-order valence-corrected chi connectivity index (χ4v) is 4.18. The summed E-state index contributed by atoms with van der Waals surface area (Å²) in [7, 11) is 0. The van der Waals surface area contributed by atoms with Crippen molar-refractivity contribution in [1.82, 2.24) is 0 Å². The van der Waals surface area contributed by atoms with Crippen LogP contribution in [0.3, 0.4) is 0 Å². The van der Waals surface area contributed by atoms with Crippen LogP contribution in [0.4, 0.5) is 0 Å². The lowest BCUT2D eigenvalue weighted by Gasteiger charge is -2.30. The Morgan fingerprint density at radius 3 is 2.37 bits per heavy atom. The standard InChI is InChI=1S/C19H26/c1-19(2,3)12-11-17-15-9-10-16(13-15)18(17)14-7-5-4-6-8-14/h4-8,11-12,15-18H,9-10,13H2,1-3H3/b12-11+/t15-,16+,17+,18-/m0/s1. The van der Waals surface area contributed by atoms with Crippen molar-refractivity contribution in [3.8, 4) is 0 Å². The summed E-state index contributed by atoms with van der Waals surface area (Å²) in [5.41, 5.74) is 1.88. The Morgan fingerprint density at radius 2 is 1.68 bits per heavy atom. The van der Waals surface area contributed by atoms with Crippen molar-refractivity contribution in [3.63, 3.8) is 0 Å². The Balaban J connectivity index is 1.87. The molecule has 0 nitrogen and oxygen atoms in total. The van der Waals surface area contributed by atoms with Gasteiger partial charge in [0.05, 0.1) is 0 Å². The van der Waals surface area contributed by atoms with Gasteiger partial charge < -0.3 is 0 Å². The predicted octanol–water partition coefficient (Wildman–Crippen LogP) is 5.42. The second kappa shape index (κ2) is 4.81. The van der Waals surface area contributed by atoms with Gasteiger partial charge in [-0.05, 0) is 53.9 Å². The van der Waals surface area contributed by atoms with Crippen molar-refractivity contribution in [2.75, 3.05) is 0 Å². The van der Waals surface area contributed by atoms with Gasteiger partial charge in [-0.15, -0.1) is 0 Å². The summed E-state index contributed by atoms with van der Waals surface area (Å²) in [6.07, 6.45) is 9.34. The zero-order chi connectivity index (χ0) is 13.5. The molecule has 2 aliphatic rings. The maximum atomic E-state index is 2.54. The van der Waals surface area contributed by atoms with Crippen molar-refractivity contribution in [3.05, 3.63) is 48.0 Å². The molecule has 2 fully saturated rings. The molecule has 0 heteroatoms. The summed E-state index contributed by atoms with van der Waals surface area (Å²) in [4.78, 5) is 0. The second-order valence-corrected chi connectivity index (χ2v) is 7.57. The fourth-order valence-electron chi connectivity index (χ4n) is 4.18. The molecule has 0 N–H and O–H groups in total. The third-order valence-corrected chi connectivity index (χ3v) is 4.98. The molecular weight excluding hydrogens is 228 g/mol. The molecule has 2 bridgehead atoms. The molecule has 0 spiro atoms. The summed E-state index contributed by atoms with van der Waals surface area (Å²) in [6, 6.07) is 11.2. The van der Waals surface area contributed by atoms with Crippen LogP contribution < -0.4 is 0 Å². The zero-order valence-corrected chi connectivity index (χ0v) is 12.5. The van der Waals surface area contributed by atoms with E-state index in [9.17, 15) is 0 Å². The average Bonchev–Trinajstić information content (AvgIpc) is 2.96. The quantitative estimate of drug-likeness (QED) is 0.618. The van der Waals surface area contributed by atoms with Gasteiger partial charge in [0, 0.05) is 0 Å². The first kappa shape index (κ1) is 13.0. The van der Waals surface area contributed by atoms with E-state index in [2.05, 4.69) is 63.3 Å². The van der Waals surface area contributed by atoms with E-state index in [1.54, 1.807) is 5.56 Å². The topological polar surface area (TPSA) is 0 Å². The normalized spacial score (nSPS) is 34.3. The van der Waals surface area contributed by atoms with Gasteiger partial charge in [0.15, 0.2) is 0 Å². The maximum Gasteiger partial charge on any atom is -0.00679 e. The summed E-state index contributed by atoms with van der Waals surface area (Å²) in [5, 5.41) is 0. The summed E-state index contributed by atoms with van der Waals surface area (Å²) in [6.45, 7) is 6.90. The van der Waals surface area contributed by atoms with Gasteiger partial charge in [0.1, 0.15) is 0 Å². The molecule has 0 unspecified atom stereocenters. The molecule has 0 radical (unpaired) electrons. The third-order valence-electron chi connectivity index (χ3n) is 4.98. The van der Waals surface area contributed by atoms with Crippen molar-refractivity contribution >= 4 is 0 Å². The van der Waals surface area contributed by atoms with Crippen LogP contribution in [0, 0.1) is 23.2 Å². The highest BCUT2D eigenvalue weighted by Gasteiger charge is 2.46. The van der Waals surface area contributed by atoms with E-state index in [1.807, 2.05) is 0 Å². The number of hydrogen-bond acceptors (Lipinski definition) is 0. The lowest BCUT2D eigenvalue weighted by atomic mass is 9.74. The van der Waals surface area contributed by atoms with Gasteiger partial charge in [-0.1, -0.05) is 63.3 Å². The first-order chi connectivity index (χ1) is 9.04. The van der Waals surface area contributed by atoms with Crippen LogP contribution in [0.1, 0.15) is 51.5 Å². The van der Waals surface area contributed by atoms with E-state index in [-0.39, 0.29) is 0 Å². The minimum Gasteiger partial charge on any atom is -0.0840 e. The van der Waals surface area contributed by atoms with Crippen LogP contribution in [0.25, 0.3) is 0 Å². The lowest BCUT2D eigenvalue weighted by Crippen LogP contribution is -2.19. The van der Waals surface area contributed by atoms with Crippen LogP contribution >= 0.6 is 0 Å². The Morgan fingerprint density at radius 1 is 1.00 bits per heavy atom. The molecule has 4 atom stereocenters. The van der Waals surface area contributed by atoms with Crippen molar-refractivity contribution in [2.45, 2.75) is 46.0 Å². The number of allylic oxidation sites excluding steroid dienone is 2. The van der Waals surface area contributed by atoms with Gasteiger partial charge in [0.25, 0.3) is 0 Å². The molecule has 2 saturated carbocycles. The van der Waals surface area contributed by atoms with Crippen LogP contribution in [-0.4, -0.2) is 0 Å². The van der Waals surface area contributed by atoms with Crippen LogP contribution in [-0.2, 0) is 0 Å². The van der Waals surface area contributed by atoms with E-state index >= 15 is 0 Å². The Labute approximate surface area is 117 Å². The van der Waals surface area contributed by atoms with Crippen LogP contribution in [0.15, 0.2) is 42.5 Å². The number of benzene rings is 1. The van der Waals surface area contributed by atoms with Crippen molar-refractivity contribution in [2.24, 2.45) is 23.2 Å². The van der Waals surface area contributed by atoms with Gasteiger partial charge >= 0.3 is 0 Å². The number of hydrogen-bond donors (Lipinski definition) is 0. The molecule has 0 aromatic heterocycles. The highest BCUT2D eigenvalue weighted by Crippen LogP contribution is 2.57. The van der Waals surface area contributed by atoms with E-state index < -0.39 is 0 Å². The Kier molecular flexibility index (Phi) is 3.28. The lowest BCUT2D eigenvalue weighted by molar-refractivity contribution is 0.339. The van der Waals surface area contributed by atoms with E-state index in [0.29, 0.717) is 5.41 Å². The average molecular weight is 254 g/mol. The smallest absolute Gasteiger partial charge is 0.00679 e. The monoisotopic (exact) mass is 254 g/mol. The van der Waals surface area contributed by atoms with Gasteiger partial charge in [-0.25, -0.2) is 0 Å². The van der Waals surface area contributed by atoms with Gasteiger partial charge in [0.2, 0.25) is 0 Å². The van der Waals surface area contributed by atoms with E-state index in [0.717, 1.165) is 23.7 Å². The molecule has 3 rings (SSSR count). The largest absolute Gasteiger partial charge is 0.0840 e. The Hall–Kier alpha value is -1.04. The molecule has 0 amide bonds. The summed E-state index contributed by atoms with van der Waals surface area (Å²) in [5.74, 6) is 3.43. The van der Waals surface area contributed by atoms with Crippen molar-refractivity contribution < 1.29 is 0 Å². The molecular formula is C19H26. The molecule has 0 aliphatic heterocycles. The minimum atomic E-state index is 0.309. The van der Waals surface area contributed by atoms with E-state index in [1.165, 1.54) is 19.3 Å². The minimum absolute atomic E-state index is 0.309. The van der Waals surface area contributed by atoms with E-state index in [4.69, 9.17) is 0 Å². The van der Waals surface area contributed by atoms with Crippen molar-refractivity contribution in [1.29, 1.82) is 0 Å². The molecule has 0 heterocycles. The molecule has 1 aromatic carbocycles. The first-order valence-electron chi connectivity index (χ1n) is 7.79. The molecule has 1 aromatic rings. The van der Waals surface area contributed by atoms with Crippen LogP contribution in [0.2, 0.25) is 0 Å². The summed E-state index contributed by atoms with van der Waals surface area (Å²) < 4.78 is 0. The third kappa shape index (κ3) is 2.63. The predicted molar refractivity (Wildman–Crippen MR) is 82.1 cm³/mol. The van der Waals surface area contributed by atoms with Crippen LogP contribution in [0.5, 0.6) is 0 Å². The first-order valence-corrected chi connectivity index (χ1v) is 7.79. The fraction of sp³-hybridized carbons (Fsp3) is 0.579. The van der Waals surface area contributed by atoms with Gasteiger partial charge in [-0.2, -0.15) is 0 Å². The molecule has 102 valence electrons. The Bertz CT molecular complexity index is 449. The molecule has 19 heavy (non-hydrogen) atoms. The highest BCUT2D eigenvalue weighted by atomic mass is 14.5.